The second kappa shape index (κ2) is 3.08. The van der Waals surface area contributed by atoms with Crippen molar-refractivity contribution in [3.63, 3.8) is 0 Å². The predicted molar refractivity (Wildman–Crippen MR) is 45.2 cm³/mol. The number of aliphatic carboxylic acids is 1. The van der Waals surface area contributed by atoms with Gasteiger partial charge in [-0.1, -0.05) is 0 Å². The summed E-state index contributed by atoms with van der Waals surface area (Å²) in [6.07, 6.45) is 1.44. The van der Waals surface area contributed by atoms with Crippen LogP contribution in [0.15, 0.2) is 34.6 Å². The number of amides is 1. The molecular weight excluding hydrogens is 204 g/mol. The first-order valence-electron chi connectivity index (χ1n) is 3.93. The normalized spacial score (nSPS) is 22.7. The fraction of sp³-hybridized carbons (Fsp3) is 0.143. The summed E-state index contributed by atoms with van der Waals surface area (Å²) in [6.45, 7) is 0. The van der Waals surface area contributed by atoms with Crippen molar-refractivity contribution >= 4 is 12.1 Å². The van der Waals surface area contributed by atoms with E-state index in [1.54, 1.807) is 0 Å². The molecule has 2 N–H and O–H groups in total. The van der Waals surface area contributed by atoms with Crippen molar-refractivity contribution in [1.82, 2.24) is 9.80 Å². The number of fused-ring (bicyclic) bond motifs is 1. The molecule has 0 aromatic heterocycles. The zero-order chi connectivity index (χ0) is 11.0. The highest BCUT2D eigenvalue weighted by Gasteiger charge is 2.33. The van der Waals surface area contributed by atoms with Crippen LogP contribution in [0.1, 0.15) is 0 Å². The molecule has 2 heterocycles. The lowest BCUT2D eigenvalue weighted by molar-refractivity contribution is -0.141. The molecule has 1 amide bonds. The molecule has 1 atom stereocenters. The Bertz CT molecular complexity index is 413. The van der Waals surface area contributed by atoms with Crippen LogP contribution >= 0.6 is 0 Å². The largest absolute Gasteiger partial charge is 0.478 e. The van der Waals surface area contributed by atoms with Crippen LogP contribution in [0.5, 0.6) is 0 Å². The van der Waals surface area contributed by atoms with Gasteiger partial charge >= 0.3 is 12.1 Å². The third kappa shape index (κ3) is 1.41. The molecule has 2 rings (SSSR count). The lowest BCUT2D eigenvalue weighted by atomic mass is 10.4. The number of hydrogen-bond acceptors (Lipinski definition) is 5. The van der Waals surface area contributed by atoms with E-state index in [0.717, 1.165) is 4.90 Å². The number of hydrogen-bond donors (Lipinski definition) is 2. The van der Waals surface area contributed by atoms with Gasteiger partial charge in [0.05, 0.1) is 6.20 Å². The Labute approximate surface area is 83.4 Å². The van der Waals surface area contributed by atoms with Gasteiger partial charge in [0.2, 0.25) is 6.17 Å². The Kier molecular flexibility index (Phi) is 1.89. The predicted octanol–water partition coefficient (Wildman–Crippen LogP) is 0.429. The SMILES string of the molecule is O=C(O)C1N=NC2=CN(C(=O)O)C=CN21. The minimum absolute atomic E-state index is 0.187. The number of nitrogens with zero attached hydrogens (tertiary/aromatic N) is 4. The van der Waals surface area contributed by atoms with E-state index >= 15 is 0 Å². The van der Waals surface area contributed by atoms with Crippen LogP contribution in [0.25, 0.3) is 0 Å². The van der Waals surface area contributed by atoms with Crippen LogP contribution < -0.4 is 0 Å². The first kappa shape index (κ1) is 9.19. The Morgan fingerprint density at radius 3 is 2.67 bits per heavy atom. The highest BCUT2D eigenvalue weighted by atomic mass is 16.4. The quantitative estimate of drug-likeness (QED) is 0.652. The Morgan fingerprint density at radius 1 is 1.33 bits per heavy atom. The summed E-state index contributed by atoms with van der Waals surface area (Å²) in [6, 6.07) is 0. The van der Waals surface area contributed by atoms with Crippen LogP contribution in [0, 0.1) is 0 Å². The summed E-state index contributed by atoms with van der Waals surface area (Å²) in [5.74, 6) is -0.956. The van der Waals surface area contributed by atoms with Crippen LogP contribution in [0.4, 0.5) is 4.79 Å². The standard InChI is InChI=1S/C7H6N4O4/c12-6(13)5-9-8-4-3-10(7(14)15)1-2-11(4)5/h1-3,5H,(H,12,13)(H,14,15). The first-order valence-corrected chi connectivity index (χ1v) is 3.93. The number of carboxylic acid groups (broad SMARTS) is 2. The molecule has 0 saturated heterocycles. The second-order valence-corrected chi connectivity index (χ2v) is 2.81. The van der Waals surface area contributed by atoms with Gasteiger partial charge in [-0.15, -0.1) is 10.2 Å². The van der Waals surface area contributed by atoms with Gasteiger partial charge < -0.3 is 10.2 Å². The molecule has 2 aliphatic rings. The van der Waals surface area contributed by atoms with E-state index in [1.807, 2.05) is 0 Å². The maximum atomic E-state index is 10.7. The van der Waals surface area contributed by atoms with Crippen molar-refractivity contribution in [1.29, 1.82) is 0 Å². The van der Waals surface area contributed by atoms with Crippen LogP contribution in [0.2, 0.25) is 0 Å². The lowest BCUT2D eigenvalue weighted by Gasteiger charge is -2.22. The van der Waals surface area contributed by atoms with Crippen LogP contribution in [0.3, 0.4) is 0 Å². The molecule has 2 aliphatic heterocycles. The number of rotatable bonds is 1. The molecule has 8 heteroatoms. The Balaban J connectivity index is 2.25. The summed E-state index contributed by atoms with van der Waals surface area (Å²) in [5, 5.41) is 24.5. The van der Waals surface area contributed by atoms with Gasteiger partial charge in [0.1, 0.15) is 0 Å². The van der Waals surface area contributed by atoms with E-state index in [0.29, 0.717) is 0 Å². The molecule has 78 valence electrons. The van der Waals surface area contributed by atoms with Crippen molar-refractivity contribution in [2.24, 2.45) is 10.2 Å². The summed E-state index contributed by atoms with van der Waals surface area (Å²) in [4.78, 5) is 23.4. The number of azo groups is 1. The zero-order valence-corrected chi connectivity index (χ0v) is 7.31. The van der Waals surface area contributed by atoms with Gasteiger partial charge in [0.25, 0.3) is 0 Å². The maximum absolute atomic E-state index is 10.7. The van der Waals surface area contributed by atoms with Crippen molar-refractivity contribution in [2.45, 2.75) is 6.17 Å². The minimum atomic E-state index is -1.17. The molecule has 1 unspecified atom stereocenters. The average molecular weight is 210 g/mol. The molecule has 0 aromatic rings. The first-order chi connectivity index (χ1) is 7.09. The monoisotopic (exact) mass is 210 g/mol. The molecule has 0 saturated carbocycles. The summed E-state index contributed by atoms with van der Waals surface area (Å²) < 4.78 is 0. The third-order valence-corrected chi connectivity index (χ3v) is 1.88. The summed E-state index contributed by atoms with van der Waals surface area (Å²) >= 11 is 0. The van der Waals surface area contributed by atoms with Gasteiger partial charge in [-0.3, -0.25) is 9.80 Å². The molecule has 15 heavy (non-hydrogen) atoms. The van der Waals surface area contributed by atoms with E-state index in [2.05, 4.69) is 10.2 Å². The maximum Gasteiger partial charge on any atom is 0.415 e. The Morgan fingerprint density at radius 2 is 2.07 bits per heavy atom. The summed E-state index contributed by atoms with van der Waals surface area (Å²) in [7, 11) is 0. The van der Waals surface area contributed by atoms with Crippen molar-refractivity contribution in [3.8, 4) is 0 Å². The van der Waals surface area contributed by atoms with E-state index < -0.39 is 18.2 Å². The molecular formula is C7H6N4O4. The lowest BCUT2D eigenvalue weighted by Crippen LogP contribution is -2.34. The average Bonchev–Trinajstić information content (AvgIpc) is 2.59. The van der Waals surface area contributed by atoms with E-state index in [1.165, 1.54) is 23.5 Å². The van der Waals surface area contributed by atoms with Crippen LogP contribution in [-0.4, -0.2) is 38.2 Å². The van der Waals surface area contributed by atoms with E-state index in [9.17, 15) is 9.59 Å². The topological polar surface area (TPSA) is 106 Å². The van der Waals surface area contributed by atoms with Gasteiger partial charge in [0, 0.05) is 12.4 Å². The fourth-order valence-electron chi connectivity index (χ4n) is 1.20. The Hall–Kier alpha value is -2.38. The molecule has 0 aliphatic carbocycles. The zero-order valence-electron chi connectivity index (χ0n) is 7.31. The molecule has 0 radical (unpaired) electrons. The van der Waals surface area contributed by atoms with Crippen molar-refractivity contribution in [3.05, 3.63) is 24.4 Å². The fourth-order valence-corrected chi connectivity index (χ4v) is 1.20. The molecule has 8 nitrogen and oxygen atoms in total. The van der Waals surface area contributed by atoms with Gasteiger partial charge in [-0.2, -0.15) is 0 Å². The van der Waals surface area contributed by atoms with E-state index in [-0.39, 0.29) is 5.82 Å². The highest BCUT2D eigenvalue weighted by Crippen LogP contribution is 2.25. The molecule has 0 aromatic carbocycles. The second-order valence-electron chi connectivity index (χ2n) is 2.81. The smallest absolute Gasteiger partial charge is 0.415 e. The molecule has 0 bridgehead atoms. The highest BCUT2D eigenvalue weighted by molar-refractivity contribution is 5.74. The van der Waals surface area contributed by atoms with Crippen molar-refractivity contribution in [2.75, 3.05) is 0 Å². The van der Waals surface area contributed by atoms with Gasteiger partial charge in [0.15, 0.2) is 5.82 Å². The minimum Gasteiger partial charge on any atom is -0.478 e. The van der Waals surface area contributed by atoms with Gasteiger partial charge in [-0.05, 0) is 0 Å². The number of carboxylic acids is 1. The molecule has 0 spiro atoms. The van der Waals surface area contributed by atoms with Gasteiger partial charge in [-0.25, -0.2) is 9.59 Å². The third-order valence-electron chi connectivity index (χ3n) is 1.88. The van der Waals surface area contributed by atoms with Crippen molar-refractivity contribution < 1.29 is 19.8 Å². The van der Waals surface area contributed by atoms with Crippen LogP contribution in [-0.2, 0) is 4.79 Å². The summed E-state index contributed by atoms with van der Waals surface area (Å²) in [5.41, 5.74) is 0. The molecule has 0 fully saturated rings. The number of carbonyl (C=O) groups is 2. The van der Waals surface area contributed by atoms with E-state index in [4.69, 9.17) is 10.2 Å².